The minimum atomic E-state index is -0.135. The topological polar surface area (TPSA) is 61.4 Å². The molecule has 1 rings (SSSR count). The van der Waals surface area contributed by atoms with Crippen molar-refractivity contribution in [2.45, 2.75) is 32.9 Å². The summed E-state index contributed by atoms with van der Waals surface area (Å²) in [5.41, 5.74) is 0.945. The summed E-state index contributed by atoms with van der Waals surface area (Å²) < 4.78 is 0. The van der Waals surface area contributed by atoms with Crippen LogP contribution in [-0.4, -0.2) is 42.9 Å². The largest absolute Gasteiger partial charge is 0.353 e. The molecule has 0 aliphatic heterocycles. The van der Waals surface area contributed by atoms with E-state index in [0.717, 1.165) is 5.56 Å². The molecule has 6 heteroatoms. The van der Waals surface area contributed by atoms with Crippen LogP contribution in [0.15, 0.2) is 24.3 Å². The van der Waals surface area contributed by atoms with Crippen molar-refractivity contribution in [3.63, 3.8) is 0 Å². The van der Waals surface area contributed by atoms with Crippen molar-refractivity contribution >= 4 is 23.4 Å². The molecule has 1 atom stereocenters. The van der Waals surface area contributed by atoms with Gasteiger partial charge in [-0.3, -0.25) is 14.5 Å². The summed E-state index contributed by atoms with van der Waals surface area (Å²) in [7, 11) is 1.74. The van der Waals surface area contributed by atoms with Crippen molar-refractivity contribution in [2.75, 3.05) is 20.1 Å². The Balaban J connectivity index is 2.43. The fraction of sp³-hybridized carbons (Fsp3) is 0.500. The second-order valence-electron chi connectivity index (χ2n) is 5.74. The molecule has 1 aromatic rings. The summed E-state index contributed by atoms with van der Waals surface area (Å²) in [5, 5.41) is 6.33. The van der Waals surface area contributed by atoms with Gasteiger partial charge in [0, 0.05) is 11.1 Å². The first kappa shape index (κ1) is 18.5. The van der Waals surface area contributed by atoms with Crippen molar-refractivity contribution in [1.29, 1.82) is 0 Å². The molecule has 122 valence electrons. The van der Waals surface area contributed by atoms with Crippen molar-refractivity contribution in [3.8, 4) is 0 Å². The zero-order chi connectivity index (χ0) is 16.7. The van der Waals surface area contributed by atoms with Gasteiger partial charge in [-0.2, -0.15) is 0 Å². The number of rotatable bonds is 7. The van der Waals surface area contributed by atoms with Gasteiger partial charge in [0.15, 0.2) is 0 Å². The number of nitrogens with one attached hydrogen (secondary N) is 2. The fourth-order valence-corrected chi connectivity index (χ4v) is 2.26. The maximum Gasteiger partial charge on any atom is 0.234 e. The Morgan fingerprint density at radius 2 is 1.73 bits per heavy atom. The second kappa shape index (κ2) is 8.76. The van der Waals surface area contributed by atoms with E-state index in [9.17, 15) is 9.59 Å². The fourth-order valence-electron chi connectivity index (χ4n) is 2.06. The highest BCUT2D eigenvalue weighted by atomic mass is 35.5. The molecule has 0 aromatic heterocycles. The third-order valence-corrected chi connectivity index (χ3v) is 3.24. The SMILES string of the molecule is CC(C)NC(=O)CN(C)CC(=O)N[C@@H](C)c1cccc(Cl)c1. The zero-order valence-corrected chi connectivity index (χ0v) is 14.3. The first-order valence-corrected chi connectivity index (χ1v) is 7.68. The van der Waals surface area contributed by atoms with Crippen LogP contribution in [0.3, 0.4) is 0 Å². The molecule has 0 saturated heterocycles. The molecule has 0 fully saturated rings. The third-order valence-electron chi connectivity index (χ3n) is 3.00. The van der Waals surface area contributed by atoms with E-state index in [2.05, 4.69) is 10.6 Å². The standard InChI is InChI=1S/C16H24ClN3O2/c1-11(2)18-15(21)9-20(4)10-16(22)19-12(3)13-6-5-7-14(17)8-13/h5-8,11-12H,9-10H2,1-4H3,(H,18,21)(H,19,22)/t12-/m0/s1. The number of hydrogen-bond acceptors (Lipinski definition) is 3. The number of carbonyl (C=O) groups excluding carboxylic acids is 2. The smallest absolute Gasteiger partial charge is 0.234 e. The Hall–Kier alpha value is -1.59. The summed E-state index contributed by atoms with van der Waals surface area (Å²) in [5.74, 6) is -0.222. The lowest BCUT2D eigenvalue weighted by Crippen LogP contribution is -2.42. The molecule has 0 spiro atoms. The molecule has 22 heavy (non-hydrogen) atoms. The molecule has 0 unspecified atom stereocenters. The first-order chi connectivity index (χ1) is 10.3. The highest BCUT2D eigenvalue weighted by Crippen LogP contribution is 2.17. The van der Waals surface area contributed by atoms with E-state index < -0.39 is 0 Å². The Kier molecular flexibility index (Phi) is 7.35. The van der Waals surface area contributed by atoms with Gasteiger partial charge < -0.3 is 10.6 Å². The van der Waals surface area contributed by atoms with E-state index in [4.69, 9.17) is 11.6 Å². The Morgan fingerprint density at radius 3 is 2.27 bits per heavy atom. The average molecular weight is 326 g/mol. The Labute approximate surface area is 137 Å². The summed E-state index contributed by atoms with van der Waals surface area (Å²) in [6, 6.07) is 7.34. The third kappa shape index (κ3) is 6.91. The van der Waals surface area contributed by atoms with E-state index in [1.165, 1.54) is 0 Å². The van der Waals surface area contributed by atoms with Crippen molar-refractivity contribution in [2.24, 2.45) is 0 Å². The first-order valence-electron chi connectivity index (χ1n) is 7.30. The van der Waals surface area contributed by atoms with Crippen LogP contribution in [-0.2, 0) is 9.59 Å². The van der Waals surface area contributed by atoms with Gasteiger partial charge in [0.25, 0.3) is 0 Å². The van der Waals surface area contributed by atoms with Crippen molar-refractivity contribution in [1.82, 2.24) is 15.5 Å². The van der Waals surface area contributed by atoms with Gasteiger partial charge in [-0.1, -0.05) is 23.7 Å². The van der Waals surface area contributed by atoms with Gasteiger partial charge in [-0.15, -0.1) is 0 Å². The highest BCUT2D eigenvalue weighted by molar-refractivity contribution is 6.30. The number of benzene rings is 1. The Morgan fingerprint density at radius 1 is 1.14 bits per heavy atom. The summed E-state index contributed by atoms with van der Waals surface area (Å²) in [4.78, 5) is 25.3. The number of carbonyl (C=O) groups is 2. The number of nitrogens with zero attached hydrogens (tertiary/aromatic N) is 1. The summed E-state index contributed by atoms with van der Waals surface area (Å²) >= 11 is 5.94. The van der Waals surface area contributed by atoms with Gasteiger partial charge in [0.05, 0.1) is 19.1 Å². The van der Waals surface area contributed by atoms with Crippen molar-refractivity contribution < 1.29 is 9.59 Å². The van der Waals surface area contributed by atoms with Crippen LogP contribution in [0.5, 0.6) is 0 Å². The Bertz CT molecular complexity index is 520. The number of halogens is 1. The molecular weight excluding hydrogens is 302 g/mol. The summed E-state index contributed by atoms with van der Waals surface area (Å²) in [6.45, 7) is 6.05. The monoisotopic (exact) mass is 325 g/mol. The molecule has 0 aliphatic carbocycles. The van der Waals surface area contributed by atoms with E-state index in [-0.39, 0.29) is 37.0 Å². The van der Waals surface area contributed by atoms with Gasteiger partial charge in [0.1, 0.15) is 0 Å². The van der Waals surface area contributed by atoms with Crippen LogP contribution in [0.1, 0.15) is 32.4 Å². The minimum absolute atomic E-state index is 0.0896. The molecule has 0 aliphatic rings. The predicted molar refractivity (Wildman–Crippen MR) is 88.8 cm³/mol. The number of amides is 2. The molecular formula is C16H24ClN3O2. The van der Waals surface area contributed by atoms with Crippen LogP contribution < -0.4 is 10.6 Å². The number of likely N-dealkylation sites (N-methyl/N-ethyl adjacent to an activating group) is 1. The van der Waals surface area contributed by atoms with E-state index in [0.29, 0.717) is 5.02 Å². The van der Waals surface area contributed by atoms with Crippen LogP contribution in [0.2, 0.25) is 5.02 Å². The van der Waals surface area contributed by atoms with Gasteiger partial charge in [0.2, 0.25) is 11.8 Å². The highest BCUT2D eigenvalue weighted by Gasteiger charge is 2.14. The van der Waals surface area contributed by atoms with Crippen LogP contribution in [0.4, 0.5) is 0 Å². The average Bonchev–Trinajstić information content (AvgIpc) is 2.36. The van der Waals surface area contributed by atoms with E-state index in [1.54, 1.807) is 18.0 Å². The molecule has 0 saturated carbocycles. The molecule has 5 nitrogen and oxygen atoms in total. The van der Waals surface area contributed by atoms with Crippen molar-refractivity contribution in [3.05, 3.63) is 34.9 Å². The maximum atomic E-state index is 12.0. The molecule has 2 amide bonds. The molecule has 0 radical (unpaired) electrons. The lowest BCUT2D eigenvalue weighted by Gasteiger charge is -2.19. The van der Waals surface area contributed by atoms with Crippen LogP contribution in [0, 0.1) is 0 Å². The van der Waals surface area contributed by atoms with E-state index >= 15 is 0 Å². The normalized spacial score (nSPS) is 12.3. The van der Waals surface area contributed by atoms with E-state index in [1.807, 2.05) is 39.0 Å². The van der Waals surface area contributed by atoms with Crippen LogP contribution >= 0.6 is 11.6 Å². The zero-order valence-electron chi connectivity index (χ0n) is 13.5. The molecule has 0 bridgehead atoms. The minimum Gasteiger partial charge on any atom is -0.353 e. The number of hydrogen-bond donors (Lipinski definition) is 2. The molecule has 1 aromatic carbocycles. The quantitative estimate of drug-likeness (QED) is 0.805. The molecule has 0 heterocycles. The van der Waals surface area contributed by atoms with Gasteiger partial charge in [-0.05, 0) is 45.5 Å². The predicted octanol–water partition coefficient (Wildman–Crippen LogP) is 1.97. The van der Waals surface area contributed by atoms with Crippen LogP contribution in [0.25, 0.3) is 0 Å². The van der Waals surface area contributed by atoms with Gasteiger partial charge in [-0.25, -0.2) is 0 Å². The second-order valence-corrected chi connectivity index (χ2v) is 6.18. The lowest BCUT2D eigenvalue weighted by molar-refractivity contribution is -0.125. The maximum absolute atomic E-state index is 12.0. The lowest BCUT2D eigenvalue weighted by atomic mass is 10.1. The van der Waals surface area contributed by atoms with Gasteiger partial charge >= 0.3 is 0 Å². The summed E-state index contributed by atoms with van der Waals surface area (Å²) in [6.07, 6.45) is 0. The molecule has 2 N–H and O–H groups in total.